The first-order valence-corrected chi connectivity index (χ1v) is 5.23. The number of nitrogens with two attached hydrogens (primary N) is 1. The summed E-state index contributed by atoms with van der Waals surface area (Å²) in [7, 11) is 0. The second kappa shape index (κ2) is 5.61. The Labute approximate surface area is 94.9 Å². The van der Waals surface area contributed by atoms with Gasteiger partial charge in [0.05, 0.1) is 12.5 Å². The molecule has 0 saturated heterocycles. The molecule has 0 heterocycles. The van der Waals surface area contributed by atoms with Crippen LogP contribution < -0.4 is 5.84 Å². The minimum absolute atomic E-state index is 0.0244. The molecule has 1 unspecified atom stereocenters. The van der Waals surface area contributed by atoms with Gasteiger partial charge in [-0.25, -0.2) is 0 Å². The van der Waals surface area contributed by atoms with E-state index in [4.69, 9.17) is 22.2 Å². The maximum Gasteiger partial charge on any atom is 0.212 e. The van der Waals surface area contributed by atoms with Crippen LogP contribution in [0.25, 0.3) is 0 Å². The number of hydrazone groups is 1. The third-order valence-electron chi connectivity index (χ3n) is 2.16. The average Bonchev–Trinajstić information content (AvgIpc) is 2.25. The van der Waals surface area contributed by atoms with E-state index in [2.05, 4.69) is 5.10 Å². The van der Waals surface area contributed by atoms with Crippen LogP contribution in [-0.2, 0) is 4.74 Å². The molecule has 1 aromatic carbocycles. The summed E-state index contributed by atoms with van der Waals surface area (Å²) >= 11 is 6.07. The zero-order valence-corrected chi connectivity index (χ0v) is 9.66. The summed E-state index contributed by atoms with van der Waals surface area (Å²) in [6, 6.07) is 7.60. The highest BCUT2D eigenvalue weighted by Crippen LogP contribution is 2.25. The van der Waals surface area contributed by atoms with Crippen LogP contribution in [0.15, 0.2) is 29.4 Å². The highest BCUT2D eigenvalue weighted by Gasteiger charge is 2.16. The molecule has 0 aromatic heterocycles. The first-order chi connectivity index (χ1) is 7.20. The Morgan fingerprint density at radius 1 is 1.53 bits per heavy atom. The highest BCUT2D eigenvalue weighted by atomic mass is 35.5. The fourth-order valence-corrected chi connectivity index (χ4v) is 1.68. The number of rotatable bonds is 3. The van der Waals surface area contributed by atoms with Gasteiger partial charge < -0.3 is 10.6 Å². The van der Waals surface area contributed by atoms with E-state index >= 15 is 0 Å². The van der Waals surface area contributed by atoms with E-state index in [1.807, 2.05) is 38.1 Å². The molecular weight excluding hydrogens is 212 g/mol. The van der Waals surface area contributed by atoms with Crippen LogP contribution in [-0.4, -0.2) is 12.5 Å². The van der Waals surface area contributed by atoms with Gasteiger partial charge in [-0.15, -0.1) is 5.10 Å². The quantitative estimate of drug-likeness (QED) is 0.373. The van der Waals surface area contributed by atoms with Crippen molar-refractivity contribution in [2.24, 2.45) is 10.9 Å². The summed E-state index contributed by atoms with van der Waals surface area (Å²) in [5, 5.41) is 4.33. The lowest BCUT2D eigenvalue weighted by Crippen LogP contribution is -2.16. The Kier molecular flexibility index (Phi) is 4.43. The maximum atomic E-state index is 6.07. The Morgan fingerprint density at radius 2 is 2.20 bits per heavy atom. The molecule has 15 heavy (non-hydrogen) atoms. The summed E-state index contributed by atoms with van der Waals surface area (Å²) in [5.74, 6) is 5.75. The Bertz CT molecular complexity index is 352. The van der Waals surface area contributed by atoms with Gasteiger partial charge in [-0.05, 0) is 25.5 Å². The second-order valence-corrected chi connectivity index (χ2v) is 3.55. The lowest BCUT2D eigenvalue weighted by atomic mass is 10.0. The van der Waals surface area contributed by atoms with Gasteiger partial charge in [-0.1, -0.05) is 29.8 Å². The molecule has 1 aromatic rings. The molecule has 1 rings (SSSR count). The fourth-order valence-electron chi connectivity index (χ4n) is 1.38. The van der Waals surface area contributed by atoms with Crippen LogP contribution in [0, 0.1) is 0 Å². The molecule has 0 aliphatic heterocycles. The van der Waals surface area contributed by atoms with Gasteiger partial charge in [0.2, 0.25) is 5.90 Å². The third kappa shape index (κ3) is 2.86. The van der Waals surface area contributed by atoms with Crippen molar-refractivity contribution in [2.75, 3.05) is 6.61 Å². The van der Waals surface area contributed by atoms with Gasteiger partial charge in [0.15, 0.2) is 0 Å². The SMILES string of the molecule is CCOC(=NN)C(C)c1ccccc1Cl. The Balaban J connectivity index is 2.93. The van der Waals surface area contributed by atoms with E-state index in [1.165, 1.54) is 0 Å². The summed E-state index contributed by atoms with van der Waals surface area (Å²) in [5.41, 5.74) is 0.969. The van der Waals surface area contributed by atoms with Gasteiger partial charge in [0.1, 0.15) is 0 Å². The predicted octanol–water partition coefficient (Wildman–Crippen LogP) is 2.75. The smallest absolute Gasteiger partial charge is 0.212 e. The molecule has 4 heteroatoms. The molecule has 3 nitrogen and oxygen atoms in total. The molecule has 82 valence electrons. The number of hydrogen-bond donors (Lipinski definition) is 1. The van der Waals surface area contributed by atoms with Crippen molar-refractivity contribution in [1.29, 1.82) is 0 Å². The van der Waals surface area contributed by atoms with Gasteiger partial charge in [0.25, 0.3) is 0 Å². The number of benzene rings is 1. The molecular formula is C11H15ClN2O. The predicted molar refractivity (Wildman–Crippen MR) is 63.1 cm³/mol. The molecule has 0 bridgehead atoms. The lowest BCUT2D eigenvalue weighted by molar-refractivity contribution is 0.311. The molecule has 0 aliphatic carbocycles. The molecule has 0 radical (unpaired) electrons. The number of halogens is 1. The summed E-state index contributed by atoms with van der Waals surface area (Å²) < 4.78 is 5.33. The summed E-state index contributed by atoms with van der Waals surface area (Å²) in [4.78, 5) is 0. The highest BCUT2D eigenvalue weighted by molar-refractivity contribution is 6.31. The first kappa shape index (κ1) is 11.9. The Hall–Kier alpha value is -1.22. The standard InChI is InChI=1S/C11H15ClN2O/c1-3-15-11(14-13)8(2)9-6-4-5-7-10(9)12/h4-8H,3,13H2,1-2H3. The fraction of sp³-hybridized carbons (Fsp3) is 0.364. The van der Waals surface area contributed by atoms with Crippen molar-refractivity contribution < 1.29 is 4.74 Å². The van der Waals surface area contributed by atoms with Crippen molar-refractivity contribution >= 4 is 17.5 Å². The van der Waals surface area contributed by atoms with Crippen molar-refractivity contribution in [2.45, 2.75) is 19.8 Å². The first-order valence-electron chi connectivity index (χ1n) is 4.85. The normalized spacial score (nSPS) is 13.7. The third-order valence-corrected chi connectivity index (χ3v) is 2.51. The van der Waals surface area contributed by atoms with E-state index in [1.54, 1.807) is 0 Å². The molecule has 0 spiro atoms. The minimum atomic E-state index is -0.0244. The number of nitrogens with zero attached hydrogens (tertiary/aromatic N) is 1. The van der Waals surface area contributed by atoms with E-state index in [0.29, 0.717) is 17.5 Å². The number of hydrogen-bond acceptors (Lipinski definition) is 3. The van der Waals surface area contributed by atoms with Crippen LogP contribution in [0.5, 0.6) is 0 Å². The molecule has 0 fully saturated rings. The largest absolute Gasteiger partial charge is 0.480 e. The second-order valence-electron chi connectivity index (χ2n) is 3.14. The van der Waals surface area contributed by atoms with Crippen molar-refractivity contribution in [3.8, 4) is 0 Å². The maximum absolute atomic E-state index is 6.07. The van der Waals surface area contributed by atoms with Crippen LogP contribution in [0.4, 0.5) is 0 Å². The van der Waals surface area contributed by atoms with Gasteiger partial charge in [0, 0.05) is 5.02 Å². The average molecular weight is 227 g/mol. The minimum Gasteiger partial charge on any atom is -0.480 e. The van der Waals surface area contributed by atoms with Crippen LogP contribution in [0.2, 0.25) is 5.02 Å². The monoisotopic (exact) mass is 226 g/mol. The lowest BCUT2D eigenvalue weighted by Gasteiger charge is -2.15. The topological polar surface area (TPSA) is 47.6 Å². The zero-order valence-electron chi connectivity index (χ0n) is 8.90. The Morgan fingerprint density at radius 3 is 2.73 bits per heavy atom. The van der Waals surface area contributed by atoms with Gasteiger partial charge in [-0.3, -0.25) is 0 Å². The summed E-state index contributed by atoms with van der Waals surface area (Å²) in [6.45, 7) is 4.40. The molecule has 0 amide bonds. The van der Waals surface area contributed by atoms with Gasteiger partial charge >= 0.3 is 0 Å². The van der Waals surface area contributed by atoms with E-state index in [-0.39, 0.29) is 5.92 Å². The van der Waals surface area contributed by atoms with Gasteiger partial charge in [-0.2, -0.15) is 0 Å². The van der Waals surface area contributed by atoms with Crippen LogP contribution in [0.1, 0.15) is 25.3 Å². The molecule has 2 N–H and O–H groups in total. The van der Waals surface area contributed by atoms with E-state index in [0.717, 1.165) is 5.56 Å². The van der Waals surface area contributed by atoms with Crippen LogP contribution in [0.3, 0.4) is 0 Å². The zero-order chi connectivity index (χ0) is 11.3. The van der Waals surface area contributed by atoms with Crippen LogP contribution >= 0.6 is 11.6 Å². The number of ether oxygens (including phenoxy) is 1. The molecule has 1 atom stereocenters. The molecule has 0 aliphatic rings. The summed E-state index contributed by atoms with van der Waals surface area (Å²) in [6.07, 6.45) is 0. The molecule has 0 saturated carbocycles. The van der Waals surface area contributed by atoms with Crippen molar-refractivity contribution in [3.63, 3.8) is 0 Å². The van der Waals surface area contributed by atoms with E-state index in [9.17, 15) is 0 Å². The van der Waals surface area contributed by atoms with E-state index < -0.39 is 0 Å². The van der Waals surface area contributed by atoms with Crippen molar-refractivity contribution in [3.05, 3.63) is 34.9 Å². The van der Waals surface area contributed by atoms with Crippen molar-refractivity contribution in [1.82, 2.24) is 0 Å².